The van der Waals surface area contributed by atoms with Crippen molar-refractivity contribution in [3.05, 3.63) is 23.8 Å². The summed E-state index contributed by atoms with van der Waals surface area (Å²) in [5, 5.41) is 11.1. The minimum absolute atomic E-state index is 0.0234. The molecule has 1 aromatic rings. The second-order valence-corrected chi connectivity index (χ2v) is 3.18. The van der Waals surface area contributed by atoms with Crippen LogP contribution in [0.25, 0.3) is 0 Å². The number of nitrogens with two attached hydrogens (primary N) is 1. The highest BCUT2D eigenvalue weighted by Gasteiger charge is 2.05. The van der Waals surface area contributed by atoms with E-state index >= 15 is 0 Å². The molecule has 2 amide bonds. The Kier molecular flexibility index (Phi) is 4.85. The molecule has 0 aliphatic rings. The van der Waals surface area contributed by atoms with Crippen LogP contribution < -0.4 is 15.8 Å². The van der Waals surface area contributed by atoms with Crippen LogP contribution in [0.1, 0.15) is 12.0 Å². The number of benzene rings is 1. The average molecular weight is 234 g/mol. The van der Waals surface area contributed by atoms with E-state index in [9.17, 15) is 4.79 Å². The highest BCUT2D eigenvalue weighted by Crippen LogP contribution is 2.24. The second-order valence-electron chi connectivity index (χ2n) is 3.18. The zero-order chi connectivity index (χ0) is 12.7. The van der Waals surface area contributed by atoms with Crippen molar-refractivity contribution in [2.45, 2.75) is 6.42 Å². The molecule has 0 saturated carbocycles. The van der Waals surface area contributed by atoms with E-state index in [1.54, 1.807) is 18.2 Å². The maximum absolute atomic E-state index is 10.8. The van der Waals surface area contributed by atoms with Crippen molar-refractivity contribution in [3.63, 3.8) is 0 Å². The van der Waals surface area contributed by atoms with Crippen LogP contribution in [0.5, 0.6) is 5.75 Å². The van der Waals surface area contributed by atoms with E-state index in [0.29, 0.717) is 23.4 Å². The Labute approximate surface area is 99.6 Å². The van der Waals surface area contributed by atoms with Gasteiger partial charge in [0.05, 0.1) is 19.4 Å². The number of ether oxygens (including phenoxy) is 1. The van der Waals surface area contributed by atoms with E-state index in [1.165, 1.54) is 7.11 Å². The third-order valence-electron chi connectivity index (χ3n) is 1.93. The Balaban J connectivity index is 2.97. The lowest BCUT2D eigenvalue weighted by Crippen LogP contribution is -2.19. The molecular weight excluding hydrogens is 220 g/mol. The quantitative estimate of drug-likeness (QED) is 0.680. The molecule has 0 aromatic heterocycles. The Morgan fingerprint density at radius 3 is 2.94 bits per heavy atom. The smallest absolute Gasteiger partial charge is 0.316 e. The molecule has 0 bridgehead atoms. The standard InChI is InChI=1S/C12H14N2O3/c1-17-11-6-5-9(4-2-3-7-15)8-10(11)14-12(13)16/h5-6,8,15H,3,7H2,1H3,(H3,13,14,16). The zero-order valence-electron chi connectivity index (χ0n) is 9.49. The lowest BCUT2D eigenvalue weighted by atomic mass is 10.2. The Morgan fingerprint density at radius 1 is 1.59 bits per heavy atom. The van der Waals surface area contributed by atoms with E-state index in [0.717, 1.165) is 0 Å². The first-order chi connectivity index (χ1) is 8.17. The number of anilines is 1. The first kappa shape index (κ1) is 12.9. The Hall–Kier alpha value is -2.19. The number of amides is 2. The summed E-state index contributed by atoms with van der Waals surface area (Å²) in [4.78, 5) is 10.8. The number of rotatable bonds is 3. The molecule has 0 atom stereocenters. The van der Waals surface area contributed by atoms with Crippen LogP contribution in [-0.4, -0.2) is 24.9 Å². The first-order valence-corrected chi connectivity index (χ1v) is 5.01. The van der Waals surface area contributed by atoms with E-state index < -0.39 is 6.03 Å². The van der Waals surface area contributed by atoms with Gasteiger partial charge in [-0.2, -0.15) is 0 Å². The summed E-state index contributed by atoms with van der Waals surface area (Å²) in [6.45, 7) is 0.0234. The molecule has 0 fully saturated rings. The lowest BCUT2D eigenvalue weighted by Gasteiger charge is -2.08. The molecule has 1 rings (SSSR count). The normalized spacial score (nSPS) is 9.06. The number of aliphatic hydroxyl groups is 1. The predicted molar refractivity (Wildman–Crippen MR) is 64.8 cm³/mol. The molecule has 0 spiro atoms. The number of nitrogens with one attached hydrogen (secondary N) is 1. The van der Waals surface area contributed by atoms with Gasteiger partial charge in [-0.05, 0) is 18.2 Å². The van der Waals surface area contributed by atoms with Gasteiger partial charge in [0.2, 0.25) is 0 Å². The number of methoxy groups -OCH3 is 1. The molecule has 0 saturated heterocycles. The summed E-state index contributed by atoms with van der Waals surface area (Å²) in [5.41, 5.74) is 6.22. The van der Waals surface area contributed by atoms with Crippen molar-refractivity contribution >= 4 is 11.7 Å². The van der Waals surface area contributed by atoms with Crippen LogP contribution in [0.15, 0.2) is 18.2 Å². The van der Waals surface area contributed by atoms with Crippen molar-refractivity contribution in [3.8, 4) is 17.6 Å². The molecule has 0 heterocycles. The molecule has 5 nitrogen and oxygen atoms in total. The summed E-state index contributed by atoms with van der Waals surface area (Å²) in [6, 6.07) is 4.45. The topological polar surface area (TPSA) is 84.6 Å². The summed E-state index contributed by atoms with van der Waals surface area (Å²) in [6.07, 6.45) is 0.407. The fourth-order valence-electron chi connectivity index (χ4n) is 1.24. The molecular formula is C12H14N2O3. The number of hydrogen-bond acceptors (Lipinski definition) is 3. The van der Waals surface area contributed by atoms with Crippen LogP contribution in [0.4, 0.5) is 10.5 Å². The van der Waals surface area contributed by atoms with Crippen molar-refractivity contribution in [1.29, 1.82) is 0 Å². The van der Waals surface area contributed by atoms with Crippen molar-refractivity contribution < 1.29 is 14.6 Å². The van der Waals surface area contributed by atoms with E-state index in [4.69, 9.17) is 15.6 Å². The Bertz CT molecular complexity index is 461. The average Bonchev–Trinajstić information content (AvgIpc) is 2.29. The van der Waals surface area contributed by atoms with E-state index in [2.05, 4.69) is 17.2 Å². The fraction of sp³-hybridized carbons (Fsp3) is 0.250. The van der Waals surface area contributed by atoms with Crippen LogP contribution >= 0.6 is 0 Å². The Morgan fingerprint density at radius 2 is 2.35 bits per heavy atom. The minimum atomic E-state index is -0.663. The van der Waals surface area contributed by atoms with Crippen LogP contribution in [-0.2, 0) is 0 Å². The van der Waals surface area contributed by atoms with Gasteiger partial charge in [0.1, 0.15) is 5.75 Å². The SMILES string of the molecule is COc1ccc(C#CCCO)cc1NC(N)=O. The van der Waals surface area contributed by atoms with Gasteiger partial charge >= 0.3 is 6.03 Å². The van der Waals surface area contributed by atoms with E-state index in [-0.39, 0.29) is 6.61 Å². The summed E-state index contributed by atoms with van der Waals surface area (Å²) < 4.78 is 5.07. The summed E-state index contributed by atoms with van der Waals surface area (Å²) in [5.74, 6) is 6.15. The van der Waals surface area contributed by atoms with E-state index in [1.807, 2.05) is 0 Å². The molecule has 1 aromatic carbocycles. The van der Waals surface area contributed by atoms with Gasteiger partial charge in [0.15, 0.2) is 0 Å². The molecule has 90 valence electrons. The van der Waals surface area contributed by atoms with Gasteiger partial charge in [-0.25, -0.2) is 4.79 Å². The monoisotopic (exact) mass is 234 g/mol. The van der Waals surface area contributed by atoms with Gasteiger partial charge < -0.3 is 20.9 Å². The number of primary amides is 1. The predicted octanol–water partition coefficient (Wildman–Crippen LogP) is 0.920. The second kappa shape index (κ2) is 6.40. The van der Waals surface area contributed by atoms with Gasteiger partial charge in [-0.3, -0.25) is 0 Å². The highest BCUT2D eigenvalue weighted by molar-refractivity contribution is 5.89. The van der Waals surface area contributed by atoms with Gasteiger partial charge in [0, 0.05) is 12.0 Å². The number of aliphatic hydroxyl groups excluding tert-OH is 1. The third kappa shape index (κ3) is 4.05. The van der Waals surface area contributed by atoms with Gasteiger partial charge in [-0.15, -0.1) is 0 Å². The molecule has 17 heavy (non-hydrogen) atoms. The zero-order valence-corrected chi connectivity index (χ0v) is 9.49. The van der Waals surface area contributed by atoms with Crippen LogP contribution in [0.3, 0.4) is 0 Å². The molecule has 4 N–H and O–H groups in total. The number of carbonyl (C=O) groups is 1. The van der Waals surface area contributed by atoms with Crippen molar-refractivity contribution in [2.24, 2.45) is 5.73 Å². The van der Waals surface area contributed by atoms with Gasteiger partial charge in [-0.1, -0.05) is 11.8 Å². The lowest BCUT2D eigenvalue weighted by molar-refractivity contribution is 0.259. The molecule has 5 heteroatoms. The summed E-state index contributed by atoms with van der Waals surface area (Å²) in [7, 11) is 1.50. The molecule has 0 radical (unpaired) electrons. The van der Waals surface area contributed by atoms with Crippen LogP contribution in [0.2, 0.25) is 0 Å². The number of carbonyl (C=O) groups excluding carboxylic acids is 1. The van der Waals surface area contributed by atoms with Crippen molar-refractivity contribution in [1.82, 2.24) is 0 Å². The number of hydrogen-bond donors (Lipinski definition) is 3. The number of urea groups is 1. The summed E-state index contributed by atoms with van der Waals surface area (Å²) >= 11 is 0. The molecule has 0 aliphatic heterocycles. The fourth-order valence-corrected chi connectivity index (χ4v) is 1.24. The molecule has 0 aliphatic carbocycles. The minimum Gasteiger partial charge on any atom is -0.495 e. The first-order valence-electron chi connectivity index (χ1n) is 5.01. The maximum atomic E-state index is 10.8. The van der Waals surface area contributed by atoms with Crippen molar-refractivity contribution in [2.75, 3.05) is 19.0 Å². The van der Waals surface area contributed by atoms with Gasteiger partial charge in [0.25, 0.3) is 0 Å². The maximum Gasteiger partial charge on any atom is 0.316 e. The highest BCUT2D eigenvalue weighted by atomic mass is 16.5. The largest absolute Gasteiger partial charge is 0.495 e. The third-order valence-corrected chi connectivity index (χ3v) is 1.93. The molecule has 0 unspecified atom stereocenters. The van der Waals surface area contributed by atoms with Crippen LogP contribution in [0, 0.1) is 11.8 Å².